The van der Waals surface area contributed by atoms with E-state index < -0.39 is 0 Å². The second kappa shape index (κ2) is 11.3. The summed E-state index contributed by atoms with van der Waals surface area (Å²) in [5, 5.41) is 0. The van der Waals surface area contributed by atoms with Gasteiger partial charge < -0.3 is 9.47 Å². The fourth-order valence-corrected chi connectivity index (χ4v) is 4.44. The van der Waals surface area contributed by atoms with Crippen molar-refractivity contribution in [2.45, 2.75) is 65.7 Å². The van der Waals surface area contributed by atoms with Crippen LogP contribution in [0.25, 0.3) is 11.1 Å². The lowest BCUT2D eigenvalue weighted by Gasteiger charge is -2.26. The molecule has 0 saturated heterocycles. The largest absolute Gasteiger partial charge is 0.469 e. The van der Waals surface area contributed by atoms with Gasteiger partial charge >= 0.3 is 11.9 Å². The Hall–Kier alpha value is -2.69. The number of unbranched alkanes of at least 4 members (excludes halogenated alkanes) is 1. The average molecular weight is 438 g/mol. The van der Waals surface area contributed by atoms with Gasteiger partial charge in [-0.15, -0.1) is 0 Å². The van der Waals surface area contributed by atoms with Gasteiger partial charge in [0.2, 0.25) is 0 Å². The van der Waals surface area contributed by atoms with Gasteiger partial charge in [-0.25, -0.2) is 4.79 Å². The predicted octanol–water partition coefficient (Wildman–Crippen LogP) is 5.84. The minimum Gasteiger partial charge on any atom is -0.469 e. The Kier molecular flexibility index (Phi) is 8.43. The van der Waals surface area contributed by atoms with E-state index in [4.69, 9.17) is 14.5 Å². The van der Waals surface area contributed by atoms with Gasteiger partial charge in [0.1, 0.15) is 0 Å². The molecular weight excluding hydrogens is 402 g/mol. The van der Waals surface area contributed by atoms with Crippen LogP contribution in [-0.2, 0) is 20.7 Å². The van der Waals surface area contributed by atoms with E-state index in [9.17, 15) is 9.59 Å². The number of hydrogen-bond donors (Lipinski definition) is 0. The number of rotatable bonds is 8. The fraction of sp³-hybridized carbons (Fsp3) is 0.519. The zero-order chi connectivity index (χ0) is 23.1. The van der Waals surface area contributed by atoms with Gasteiger partial charge in [0.15, 0.2) is 0 Å². The fourth-order valence-electron chi connectivity index (χ4n) is 4.44. The second-order valence-electron chi connectivity index (χ2n) is 8.93. The van der Waals surface area contributed by atoms with E-state index >= 15 is 0 Å². The van der Waals surface area contributed by atoms with Crippen molar-refractivity contribution in [3.63, 3.8) is 0 Å². The first-order valence-electron chi connectivity index (χ1n) is 11.7. The summed E-state index contributed by atoms with van der Waals surface area (Å²) in [5.41, 5.74) is 5.35. The zero-order valence-corrected chi connectivity index (χ0v) is 19.8. The molecule has 0 radical (unpaired) electrons. The van der Waals surface area contributed by atoms with E-state index in [0.29, 0.717) is 17.9 Å². The SMILES string of the molecule is CCCCc1cc(-c2ccc(C)cc2)c(C(=O)OCC2CCC(C(=O)OC)CC2)c(C)n1. The summed E-state index contributed by atoms with van der Waals surface area (Å²) in [5.74, 6) is -0.197. The minimum absolute atomic E-state index is 0.0257. The number of methoxy groups -OCH3 is 1. The Balaban J connectivity index is 1.76. The maximum atomic E-state index is 13.2. The van der Waals surface area contributed by atoms with Crippen molar-refractivity contribution >= 4 is 11.9 Å². The molecule has 0 spiro atoms. The Morgan fingerprint density at radius 1 is 1.06 bits per heavy atom. The van der Waals surface area contributed by atoms with E-state index in [2.05, 4.69) is 38.1 Å². The lowest BCUT2D eigenvalue weighted by Crippen LogP contribution is -2.26. The first kappa shape index (κ1) is 24.0. The summed E-state index contributed by atoms with van der Waals surface area (Å²) in [6.07, 6.45) is 6.37. The van der Waals surface area contributed by atoms with Gasteiger partial charge in [-0.05, 0) is 75.5 Å². The molecule has 32 heavy (non-hydrogen) atoms. The van der Waals surface area contributed by atoms with E-state index in [1.165, 1.54) is 12.7 Å². The summed E-state index contributed by atoms with van der Waals surface area (Å²) in [7, 11) is 1.44. The number of carbonyl (C=O) groups is 2. The maximum Gasteiger partial charge on any atom is 0.340 e. The van der Waals surface area contributed by atoms with Crippen LogP contribution in [0, 0.1) is 25.7 Å². The molecule has 0 bridgehead atoms. The Labute approximate surface area is 191 Å². The van der Waals surface area contributed by atoms with Gasteiger partial charge in [0.05, 0.1) is 30.9 Å². The highest BCUT2D eigenvalue weighted by atomic mass is 16.5. The Morgan fingerprint density at radius 3 is 2.38 bits per heavy atom. The first-order valence-corrected chi connectivity index (χ1v) is 11.7. The lowest BCUT2D eigenvalue weighted by atomic mass is 9.82. The van der Waals surface area contributed by atoms with Crippen molar-refractivity contribution in [1.82, 2.24) is 4.98 Å². The molecule has 0 N–H and O–H groups in total. The van der Waals surface area contributed by atoms with E-state index in [1.807, 2.05) is 13.0 Å². The van der Waals surface area contributed by atoms with Crippen LogP contribution in [-0.4, -0.2) is 30.6 Å². The standard InChI is InChI=1S/C27H35NO4/c1-5-6-7-23-16-24(21-12-8-18(2)9-13-21)25(19(3)28-23)27(30)32-17-20-10-14-22(15-11-20)26(29)31-4/h8-9,12-13,16,20,22H,5-7,10-11,14-15,17H2,1-4H3. The van der Waals surface area contributed by atoms with Gasteiger partial charge in [0, 0.05) is 5.69 Å². The summed E-state index contributed by atoms with van der Waals surface area (Å²) >= 11 is 0. The van der Waals surface area contributed by atoms with Crippen LogP contribution in [0.5, 0.6) is 0 Å². The highest BCUT2D eigenvalue weighted by molar-refractivity contribution is 5.98. The van der Waals surface area contributed by atoms with Gasteiger partial charge in [0.25, 0.3) is 0 Å². The van der Waals surface area contributed by atoms with Gasteiger partial charge in [-0.3, -0.25) is 9.78 Å². The molecular formula is C27H35NO4. The molecule has 0 amide bonds. The zero-order valence-electron chi connectivity index (χ0n) is 19.8. The number of hydrogen-bond acceptors (Lipinski definition) is 5. The van der Waals surface area contributed by atoms with Crippen LogP contribution in [0.15, 0.2) is 30.3 Å². The Bertz CT molecular complexity index is 927. The van der Waals surface area contributed by atoms with Crippen LogP contribution in [0.3, 0.4) is 0 Å². The van der Waals surface area contributed by atoms with E-state index in [-0.39, 0.29) is 23.8 Å². The minimum atomic E-state index is -0.317. The van der Waals surface area contributed by atoms with Crippen LogP contribution in [0.2, 0.25) is 0 Å². The van der Waals surface area contributed by atoms with Crippen molar-refractivity contribution < 1.29 is 19.1 Å². The van der Waals surface area contributed by atoms with Gasteiger partial charge in [-0.2, -0.15) is 0 Å². The molecule has 0 aliphatic heterocycles. The first-order chi connectivity index (χ1) is 15.4. The number of aryl methyl sites for hydroxylation is 3. The molecule has 1 aromatic carbocycles. The molecule has 2 aromatic rings. The third-order valence-corrected chi connectivity index (χ3v) is 6.44. The molecule has 1 aliphatic carbocycles. The van der Waals surface area contributed by atoms with Gasteiger partial charge in [-0.1, -0.05) is 43.2 Å². The summed E-state index contributed by atoms with van der Waals surface area (Å²) < 4.78 is 10.6. The predicted molar refractivity (Wildman–Crippen MR) is 126 cm³/mol. The normalized spacial score (nSPS) is 18.2. The summed E-state index contributed by atoms with van der Waals surface area (Å²) in [6.45, 7) is 6.48. The highest BCUT2D eigenvalue weighted by Crippen LogP contribution is 2.31. The topological polar surface area (TPSA) is 65.5 Å². The maximum absolute atomic E-state index is 13.2. The van der Waals surface area contributed by atoms with E-state index in [0.717, 1.165) is 61.8 Å². The van der Waals surface area contributed by atoms with Crippen molar-refractivity contribution in [2.24, 2.45) is 11.8 Å². The third-order valence-electron chi connectivity index (χ3n) is 6.44. The molecule has 0 unspecified atom stereocenters. The highest BCUT2D eigenvalue weighted by Gasteiger charge is 2.28. The van der Waals surface area contributed by atoms with Crippen molar-refractivity contribution in [2.75, 3.05) is 13.7 Å². The van der Waals surface area contributed by atoms with Crippen LogP contribution < -0.4 is 0 Å². The third kappa shape index (κ3) is 5.96. The molecule has 0 atom stereocenters. The average Bonchev–Trinajstić information content (AvgIpc) is 2.81. The number of ether oxygens (including phenoxy) is 2. The van der Waals surface area contributed by atoms with E-state index in [1.54, 1.807) is 0 Å². The van der Waals surface area contributed by atoms with Crippen molar-refractivity contribution in [1.29, 1.82) is 0 Å². The summed E-state index contributed by atoms with van der Waals surface area (Å²) in [6, 6.07) is 10.3. The smallest absolute Gasteiger partial charge is 0.340 e. The lowest BCUT2D eigenvalue weighted by molar-refractivity contribution is -0.147. The number of pyridine rings is 1. The number of esters is 2. The second-order valence-corrected chi connectivity index (χ2v) is 8.93. The molecule has 172 valence electrons. The molecule has 1 aliphatic rings. The number of nitrogens with zero attached hydrogens (tertiary/aromatic N) is 1. The molecule has 3 rings (SSSR count). The summed E-state index contributed by atoms with van der Waals surface area (Å²) in [4.78, 5) is 29.6. The molecule has 5 nitrogen and oxygen atoms in total. The number of benzene rings is 1. The molecule has 1 fully saturated rings. The number of carbonyl (C=O) groups excluding carboxylic acids is 2. The van der Waals surface area contributed by atoms with Crippen LogP contribution in [0.4, 0.5) is 0 Å². The molecule has 5 heteroatoms. The monoisotopic (exact) mass is 437 g/mol. The van der Waals surface area contributed by atoms with Crippen molar-refractivity contribution in [3.8, 4) is 11.1 Å². The quantitative estimate of drug-likeness (QED) is 0.485. The van der Waals surface area contributed by atoms with Crippen LogP contribution >= 0.6 is 0 Å². The Morgan fingerprint density at radius 2 is 1.75 bits per heavy atom. The molecule has 1 aromatic heterocycles. The number of aromatic nitrogens is 1. The molecule has 1 saturated carbocycles. The van der Waals surface area contributed by atoms with Crippen molar-refractivity contribution in [3.05, 3.63) is 52.8 Å². The van der Waals surface area contributed by atoms with Crippen LogP contribution in [0.1, 0.15) is 72.8 Å². The molecule has 1 heterocycles.